The number of hydrogen-bond acceptors (Lipinski definition) is 5. The number of nitrogens with two attached hydrogens (primary N) is 1. The number of amides is 1. The van der Waals surface area contributed by atoms with Crippen molar-refractivity contribution in [1.82, 2.24) is 19.6 Å². The lowest BCUT2D eigenvalue weighted by Crippen LogP contribution is -2.46. The maximum atomic E-state index is 11.7. The first kappa shape index (κ1) is 15.6. The lowest BCUT2D eigenvalue weighted by molar-refractivity contribution is -0.122. The fourth-order valence-corrected chi connectivity index (χ4v) is 3.42. The Kier molecular flexibility index (Phi) is 3.83. The summed E-state index contributed by atoms with van der Waals surface area (Å²) in [5.74, 6) is 1.04. The molecule has 1 aliphatic rings. The van der Waals surface area contributed by atoms with E-state index in [0.717, 1.165) is 29.9 Å². The van der Waals surface area contributed by atoms with E-state index in [1.165, 1.54) is 6.33 Å². The normalized spacial score (nSPS) is 20.8. The van der Waals surface area contributed by atoms with E-state index in [1.54, 1.807) is 4.52 Å². The predicted molar refractivity (Wildman–Crippen MR) is 94.9 cm³/mol. The molecule has 4 rings (SSSR count). The average molecular weight is 336 g/mol. The van der Waals surface area contributed by atoms with Crippen LogP contribution < -0.4 is 10.6 Å². The number of fused-ring (bicyclic) bond motifs is 1. The van der Waals surface area contributed by atoms with E-state index in [9.17, 15) is 4.79 Å². The first-order chi connectivity index (χ1) is 12.1. The van der Waals surface area contributed by atoms with Crippen molar-refractivity contribution in [3.63, 3.8) is 0 Å². The molecule has 1 amide bonds. The zero-order chi connectivity index (χ0) is 17.4. The molecule has 2 N–H and O–H groups in total. The summed E-state index contributed by atoms with van der Waals surface area (Å²) < 4.78 is 1.73. The molecule has 2 atom stereocenters. The molecule has 7 heteroatoms. The molecule has 3 aromatic rings. The largest absolute Gasteiger partial charge is 0.369 e. The van der Waals surface area contributed by atoms with E-state index in [0.29, 0.717) is 12.3 Å². The highest BCUT2D eigenvalue weighted by Crippen LogP contribution is 2.30. The first-order valence-electron chi connectivity index (χ1n) is 8.45. The van der Waals surface area contributed by atoms with Crippen LogP contribution in [0.5, 0.6) is 0 Å². The molecule has 25 heavy (non-hydrogen) atoms. The van der Waals surface area contributed by atoms with Gasteiger partial charge in [0.1, 0.15) is 12.1 Å². The van der Waals surface area contributed by atoms with Crippen molar-refractivity contribution in [3.05, 3.63) is 42.7 Å². The SMILES string of the molecule is CC1CCC(C(N)=O)CN1c1cc(-c2ccccc2)nc2ncnn12. The van der Waals surface area contributed by atoms with Crippen LogP contribution >= 0.6 is 0 Å². The maximum Gasteiger partial charge on any atom is 0.254 e. The monoisotopic (exact) mass is 336 g/mol. The Morgan fingerprint density at radius 3 is 2.80 bits per heavy atom. The maximum absolute atomic E-state index is 11.7. The zero-order valence-corrected chi connectivity index (χ0v) is 14.0. The van der Waals surface area contributed by atoms with Gasteiger partial charge in [0.25, 0.3) is 5.78 Å². The molecule has 0 spiro atoms. The predicted octanol–water partition coefficient (Wildman–Crippen LogP) is 1.88. The summed E-state index contributed by atoms with van der Waals surface area (Å²) in [7, 11) is 0. The van der Waals surface area contributed by atoms with Gasteiger partial charge in [-0.15, -0.1) is 0 Å². The molecule has 0 bridgehead atoms. The minimum atomic E-state index is -0.246. The van der Waals surface area contributed by atoms with Gasteiger partial charge in [-0.3, -0.25) is 4.79 Å². The number of primary amides is 1. The first-order valence-corrected chi connectivity index (χ1v) is 8.45. The molecule has 1 aliphatic heterocycles. The third-order valence-corrected chi connectivity index (χ3v) is 4.88. The van der Waals surface area contributed by atoms with Crippen molar-refractivity contribution in [2.24, 2.45) is 11.7 Å². The number of nitrogens with zero attached hydrogens (tertiary/aromatic N) is 5. The molecule has 0 saturated carbocycles. The van der Waals surface area contributed by atoms with Crippen LogP contribution in [0.4, 0.5) is 5.82 Å². The molecular formula is C18H20N6O. The number of carbonyl (C=O) groups is 1. The molecule has 2 aromatic heterocycles. The average Bonchev–Trinajstić information content (AvgIpc) is 3.10. The minimum Gasteiger partial charge on any atom is -0.369 e. The Morgan fingerprint density at radius 1 is 1.24 bits per heavy atom. The quantitative estimate of drug-likeness (QED) is 0.789. The van der Waals surface area contributed by atoms with Crippen molar-refractivity contribution < 1.29 is 4.79 Å². The molecule has 1 aromatic carbocycles. The second kappa shape index (κ2) is 6.16. The number of benzene rings is 1. The number of hydrogen-bond donors (Lipinski definition) is 1. The molecular weight excluding hydrogens is 316 g/mol. The third kappa shape index (κ3) is 2.82. The van der Waals surface area contributed by atoms with Gasteiger partial charge in [0.05, 0.1) is 11.6 Å². The fourth-order valence-electron chi connectivity index (χ4n) is 3.42. The number of aromatic nitrogens is 4. The highest BCUT2D eigenvalue weighted by molar-refractivity contribution is 5.78. The summed E-state index contributed by atoms with van der Waals surface area (Å²) in [5, 5.41) is 4.32. The lowest BCUT2D eigenvalue weighted by atomic mass is 9.93. The molecule has 0 aliphatic carbocycles. The Balaban J connectivity index is 1.82. The van der Waals surface area contributed by atoms with E-state index in [1.807, 2.05) is 36.4 Å². The van der Waals surface area contributed by atoms with Crippen LogP contribution in [0.15, 0.2) is 42.7 Å². The van der Waals surface area contributed by atoms with E-state index >= 15 is 0 Å². The number of carbonyl (C=O) groups excluding carboxylic acids is 1. The summed E-state index contributed by atoms with van der Waals surface area (Å²) in [6.07, 6.45) is 3.23. The number of piperidine rings is 1. The van der Waals surface area contributed by atoms with Gasteiger partial charge < -0.3 is 10.6 Å². The second-order valence-electron chi connectivity index (χ2n) is 6.52. The van der Waals surface area contributed by atoms with Crippen molar-refractivity contribution in [2.45, 2.75) is 25.8 Å². The number of rotatable bonds is 3. The van der Waals surface area contributed by atoms with Gasteiger partial charge in [-0.1, -0.05) is 30.3 Å². The molecule has 1 fully saturated rings. The molecule has 2 unspecified atom stereocenters. The minimum absolute atomic E-state index is 0.150. The van der Waals surface area contributed by atoms with Crippen LogP contribution in [0.3, 0.4) is 0 Å². The van der Waals surface area contributed by atoms with Gasteiger partial charge >= 0.3 is 0 Å². The zero-order valence-electron chi connectivity index (χ0n) is 14.0. The lowest BCUT2D eigenvalue weighted by Gasteiger charge is -2.38. The van der Waals surface area contributed by atoms with E-state index in [4.69, 9.17) is 5.73 Å². The highest BCUT2D eigenvalue weighted by atomic mass is 16.1. The summed E-state index contributed by atoms with van der Waals surface area (Å²) in [5.41, 5.74) is 7.41. The van der Waals surface area contributed by atoms with Crippen LogP contribution in [0.2, 0.25) is 0 Å². The van der Waals surface area contributed by atoms with Crippen molar-refractivity contribution in [1.29, 1.82) is 0 Å². The summed E-state index contributed by atoms with van der Waals surface area (Å²) >= 11 is 0. The molecule has 128 valence electrons. The Morgan fingerprint density at radius 2 is 2.04 bits per heavy atom. The summed E-state index contributed by atoms with van der Waals surface area (Å²) in [4.78, 5) is 22.8. The third-order valence-electron chi connectivity index (χ3n) is 4.88. The van der Waals surface area contributed by atoms with Crippen LogP contribution in [-0.2, 0) is 4.79 Å². The molecule has 3 heterocycles. The van der Waals surface area contributed by atoms with Gasteiger partial charge in [-0.05, 0) is 19.8 Å². The van der Waals surface area contributed by atoms with Crippen LogP contribution in [-0.4, -0.2) is 38.1 Å². The molecule has 0 radical (unpaired) electrons. The van der Waals surface area contributed by atoms with Crippen LogP contribution in [0, 0.1) is 5.92 Å². The molecule has 7 nitrogen and oxygen atoms in total. The Labute approximate surface area is 145 Å². The van der Waals surface area contributed by atoms with E-state index in [-0.39, 0.29) is 17.9 Å². The summed E-state index contributed by atoms with van der Waals surface area (Å²) in [6, 6.07) is 12.3. The van der Waals surface area contributed by atoms with E-state index in [2.05, 4.69) is 26.9 Å². The highest BCUT2D eigenvalue weighted by Gasteiger charge is 2.30. The van der Waals surface area contributed by atoms with Crippen molar-refractivity contribution >= 4 is 17.5 Å². The van der Waals surface area contributed by atoms with Gasteiger partial charge in [0.15, 0.2) is 0 Å². The van der Waals surface area contributed by atoms with Gasteiger partial charge in [-0.25, -0.2) is 4.98 Å². The topological polar surface area (TPSA) is 89.4 Å². The second-order valence-corrected chi connectivity index (χ2v) is 6.52. The van der Waals surface area contributed by atoms with E-state index < -0.39 is 0 Å². The van der Waals surface area contributed by atoms with Crippen LogP contribution in [0.1, 0.15) is 19.8 Å². The smallest absolute Gasteiger partial charge is 0.254 e. The Bertz CT molecular complexity index is 906. The fraction of sp³-hybridized carbons (Fsp3) is 0.333. The Hall–Kier alpha value is -2.96. The standard InChI is InChI=1S/C18H20N6O/c1-12-7-8-14(17(19)25)10-23(12)16-9-15(13-5-3-2-4-6-13)22-18-20-11-21-24(16)18/h2-6,9,11-12,14H,7-8,10H2,1H3,(H2,19,25). The molecule has 1 saturated heterocycles. The van der Waals surface area contributed by atoms with Crippen molar-refractivity contribution in [3.8, 4) is 11.3 Å². The van der Waals surface area contributed by atoms with Gasteiger partial charge in [0.2, 0.25) is 5.91 Å². The van der Waals surface area contributed by atoms with Gasteiger partial charge in [0, 0.05) is 24.2 Å². The van der Waals surface area contributed by atoms with Gasteiger partial charge in [-0.2, -0.15) is 14.6 Å². The van der Waals surface area contributed by atoms with Crippen molar-refractivity contribution in [2.75, 3.05) is 11.4 Å². The summed E-state index contributed by atoms with van der Waals surface area (Å²) in [6.45, 7) is 2.74. The number of anilines is 1. The van der Waals surface area contributed by atoms with Crippen LogP contribution in [0.25, 0.3) is 17.0 Å².